The Morgan fingerprint density at radius 1 is 1.41 bits per heavy atom. The Balaban J connectivity index is 2.60. The van der Waals surface area contributed by atoms with Gasteiger partial charge in [-0.2, -0.15) is 0 Å². The highest BCUT2D eigenvalue weighted by molar-refractivity contribution is 8.13. The van der Waals surface area contributed by atoms with Crippen LogP contribution in [0, 0.1) is 5.92 Å². The van der Waals surface area contributed by atoms with E-state index < -0.39 is 9.05 Å². The molecule has 1 unspecified atom stereocenters. The summed E-state index contributed by atoms with van der Waals surface area (Å²) in [5, 5.41) is 0. The number of benzene rings is 1. The van der Waals surface area contributed by atoms with Crippen LogP contribution in [0.5, 0.6) is 0 Å². The average Bonchev–Trinajstić information content (AvgIpc) is 2.21. The molecule has 0 spiro atoms. The van der Waals surface area contributed by atoms with Gasteiger partial charge in [0.25, 0.3) is 9.05 Å². The summed E-state index contributed by atoms with van der Waals surface area (Å²) in [6, 6.07) is 5.14. The van der Waals surface area contributed by atoms with E-state index in [0.29, 0.717) is 11.6 Å². The van der Waals surface area contributed by atoms with Crippen molar-refractivity contribution in [1.82, 2.24) is 0 Å². The molecule has 17 heavy (non-hydrogen) atoms. The third kappa shape index (κ3) is 2.87. The van der Waals surface area contributed by atoms with Crippen molar-refractivity contribution < 1.29 is 8.42 Å². The number of para-hydroxylation sites is 1. The van der Waals surface area contributed by atoms with Crippen LogP contribution in [0.4, 0.5) is 5.69 Å². The van der Waals surface area contributed by atoms with E-state index in [1.54, 1.807) is 12.3 Å². The summed E-state index contributed by atoms with van der Waals surface area (Å²) in [6.07, 6.45) is 4.56. The number of hydrogen-bond donors (Lipinski definition) is 0. The lowest BCUT2D eigenvalue weighted by atomic mass is 9.95. The van der Waals surface area contributed by atoms with Gasteiger partial charge in [-0.05, 0) is 36.8 Å². The molecule has 0 bridgehead atoms. The molecule has 0 saturated carbocycles. The lowest BCUT2D eigenvalue weighted by Gasteiger charge is -2.16. The molecule has 0 saturated heterocycles. The predicted octanol–water partition coefficient (Wildman–Crippen LogP) is 3.29. The molecular formula is C12H14ClNO2S. The summed E-state index contributed by atoms with van der Waals surface area (Å²) in [5.41, 5.74) is 1.46. The molecule has 0 radical (unpaired) electrons. The molecule has 0 aliphatic carbocycles. The van der Waals surface area contributed by atoms with Gasteiger partial charge in [0.1, 0.15) is 4.90 Å². The zero-order valence-corrected chi connectivity index (χ0v) is 11.1. The van der Waals surface area contributed by atoms with Gasteiger partial charge in [-0.1, -0.05) is 19.1 Å². The van der Waals surface area contributed by atoms with E-state index in [1.165, 1.54) is 6.07 Å². The normalized spacial score (nSPS) is 20.5. The average molecular weight is 272 g/mol. The smallest absolute Gasteiger partial charge is 0.260 e. The predicted molar refractivity (Wildman–Crippen MR) is 69.7 cm³/mol. The minimum atomic E-state index is -3.73. The first-order valence-corrected chi connectivity index (χ1v) is 7.88. The first-order chi connectivity index (χ1) is 7.98. The summed E-state index contributed by atoms with van der Waals surface area (Å²) >= 11 is 0. The molecule has 1 atom stereocenters. The Morgan fingerprint density at radius 2 is 2.18 bits per heavy atom. The lowest BCUT2D eigenvalue weighted by Crippen LogP contribution is -2.04. The number of aliphatic imine (C=N–C) groups is 1. The maximum Gasteiger partial charge on any atom is 0.263 e. The molecule has 2 rings (SSSR count). The van der Waals surface area contributed by atoms with Crippen molar-refractivity contribution in [2.75, 3.05) is 0 Å². The molecule has 0 N–H and O–H groups in total. The molecule has 0 fully saturated rings. The van der Waals surface area contributed by atoms with Crippen LogP contribution < -0.4 is 0 Å². The van der Waals surface area contributed by atoms with E-state index in [-0.39, 0.29) is 4.90 Å². The number of hydrogen-bond acceptors (Lipinski definition) is 3. The van der Waals surface area contributed by atoms with Crippen molar-refractivity contribution in [1.29, 1.82) is 0 Å². The van der Waals surface area contributed by atoms with Crippen LogP contribution in [0.25, 0.3) is 0 Å². The Hall–Kier alpha value is -0.870. The Morgan fingerprint density at radius 3 is 2.88 bits per heavy atom. The van der Waals surface area contributed by atoms with Crippen molar-refractivity contribution in [3.8, 4) is 0 Å². The van der Waals surface area contributed by atoms with Gasteiger partial charge in [-0.15, -0.1) is 0 Å². The van der Waals surface area contributed by atoms with E-state index in [1.807, 2.05) is 6.07 Å². The molecule has 1 aromatic carbocycles. The zero-order chi connectivity index (χ0) is 12.5. The van der Waals surface area contributed by atoms with E-state index in [2.05, 4.69) is 11.9 Å². The van der Waals surface area contributed by atoms with Gasteiger partial charge >= 0.3 is 0 Å². The highest BCUT2D eigenvalue weighted by Gasteiger charge is 2.19. The molecule has 3 nitrogen and oxygen atoms in total. The molecule has 1 aliphatic rings. The fourth-order valence-corrected chi connectivity index (χ4v) is 3.10. The van der Waals surface area contributed by atoms with Gasteiger partial charge in [0.15, 0.2) is 0 Å². The maximum absolute atomic E-state index is 11.5. The largest absolute Gasteiger partial charge is 0.263 e. The Bertz CT molecular complexity index is 552. The first-order valence-electron chi connectivity index (χ1n) is 5.57. The third-order valence-corrected chi connectivity index (χ3v) is 4.28. The van der Waals surface area contributed by atoms with Crippen molar-refractivity contribution in [3.05, 3.63) is 23.8 Å². The van der Waals surface area contributed by atoms with Crippen molar-refractivity contribution in [3.63, 3.8) is 0 Å². The van der Waals surface area contributed by atoms with Crippen molar-refractivity contribution >= 4 is 31.6 Å². The van der Waals surface area contributed by atoms with Crippen molar-refractivity contribution in [2.45, 2.75) is 31.1 Å². The molecule has 1 heterocycles. The fraction of sp³-hybridized carbons (Fsp3) is 0.417. The van der Waals surface area contributed by atoms with Gasteiger partial charge < -0.3 is 0 Å². The molecule has 1 aromatic rings. The van der Waals surface area contributed by atoms with E-state index in [4.69, 9.17) is 10.7 Å². The van der Waals surface area contributed by atoms with Gasteiger partial charge in [0, 0.05) is 16.9 Å². The van der Waals surface area contributed by atoms with Crippen LogP contribution in [0.15, 0.2) is 28.1 Å². The van der Waals surface area contributed by atoms with E-state index in [0.717, 1.165) is 24.8 Å². The second-order valence-corrected chi connectivity index (χ2v) is 6.93. The minimum absolute atomic E-state index is 0.113. The van der Waals surface area contributed by atoms with E-state index >= 15 is 0 Å². The zero-order valence-electron chi connectivity index (χ0n) is 9.56. The molecular weight excluding hydrogens is 258 g/mol. The Kier molecular flexibility index (Phi) is 3.54. The van der Waals surface area contributed by atoms with Crippen LogP contribution in [0.3, 0.4) is 0 Å². The SMILES string of the molecule is CC1CCC=Nc2c(cccc2S(=O)(=O)Cl)C1. The standard InChI is InChI=1S/C12H14ClNO2S/c1-9-4-3-7-14-12-10(8-9)5-2-6-11(12)17(13,15)16/h2,5-7,9H,3-4,8H2,1H3. The summed E-state index contributed by atoms with van der Waals surface area (Å²) in [4.78, 5) is 4.37. The highest BCUT2D eigenvalue weighted by Crippen LogP contribution is 2.33. The molecule has 92 valence electrons. The summed E-state index contributed by atoms with van der Waals surface area (Å²) < 4.78 is 23.0. The second-order valence-electron chi connectivity index (χ2n) is 4.40. The quantitative estimate of drug-likeness (QED) is 0.736. The topological polar surface area (TPSA) is 46.5 Å². The summed E-state index contributed by atoms with van der Waals surface area (Å²) in [5.74, 6) is 0.522. The van der Waals surface area contributed by atoms with Crippen LogP contribution in [0.1, 0.15) is 25.3 Å². The van der Waals surface area contributed by atoms with Crippen LogP contribution >= 0.6 is 10.7 Å². The maximum atomic E-state index is 11.5. The van der Waals surface area contributed by atoms with Gasteiger partial charge in [-0.3, -0.25) is 4.99 Å². The number of rotatable bonds is 1. The number of fused-ring (bicyclic) bond motifs is 1. The fourth-order valence-electron chi connectivity index (χ4n) is 2.07. The second kappa shape index (κ2) is 4.78. The molecule has 0 aromatic heterocycles. The third-order valence-electron chi connectivity index (χ3n) is 2.92. The van der Waals surface area contributed by atoms with Gasteiger partial charge in [0.2, 0.25) is 0 Å². The number of halogens is 1. The Labute approximate surface area is 106 Å². The van der Waals surface area contributed by atoms with Gasteiger partial charge in [0.05, 0.1) is 5.69 Å². The van der Waals surface area contributed by atoms with E-state index in [9.17, 15) is 8.42 Å². The molecule has 1 aliphatic heterocycles. The highest BCUT2D eigenvalue weighted by atomic mass is 35.7. The van der Waals surface area contributed by atoms with Crippen LogP contribution in [0.2, 0.25) is 0 Å². The lowest BCUT2D eigenvalue weighted by molar-refractivity contribution is 0.542. The molecule has 5 heteroatoms. The van der Waals surface area contributed by atoms with Crippen LogP contribution in [-0.2, 0) is 15.5 Å². The first kappa shape index (κ1) is 12.6. The number of nitrogens with zero attached hydrogens (tertiary/aromatic N) is 1. The molecule has 0 amide bonds. The van der Waals surface area contributed by atoms with Crippen molar-refractivity contribution in [2.24, 2.45) is 10.9 Å². The minimum Gasteiger partial charge on any atom is -0.260 e. The van der Waals surface area contributed by atoms with Crippen LogP contribution in [-0.4, -0.2) is 14.6 Å². The van der Waals surface area contributed by atoms with Gasteiger partial charge in [-0.25, -0.2) is 8.42 Å². The monoisotopic (exact) mass is 271 g/mol. The summed E-state index contributed by atoms with van der Waals surface area (Å²) in [7, 11) is 1.69. The summed E-state index contributed by atoms with van der Waals surface area (Å²) in [6.45, 7) is 2.16.